The van der Waals surface area contributed by atoms with Gasteiger partial charge >= 0.3 is 6.18 Å². The maximum absolute atomic E-state index is 13.2. The Bertz CT molecular complexity index is 495. The topological polar surface area (TPSA) is 69.7 Å². The smallest absolute Gasteiger partial charge is 0.352 e. The van der Waals surface area contributed by atoms with Crippen LogP contribution in [0.15, 0.2) is 0 Å². The fourth-order valence-corrected chi connectivity index (χ4v) is 3.12. The third kappa shape index (κ3) is 4.35. The first kappa shape index (κ1) is 17.6. The molecule has 0 bridgehead atoms. The summed E-state index contributed by atoms with van der Waals surface area (Å²) < 4.78 is 39.5. The number of piperidine rings is 1. The molecule has 2 saturated heterocycles. The van der Waals surface area contributed by atoms with Crippen LogP contribution in [0.5, 0.6) is 0 Å². The minimum absolute atomic E-state index is 0.163. The van der Waals surface area contributed by atoms with Crippen LogP contribution in [0.25, 0.3) is 0 Å². The number of amides is 3. The predicted molar refractivity (Wildman–Crippen MR) is 74.2 cm³/mol. The number of alkyl halides is 3. The summed E-state index contributed by atoms with van der Waals surface area (Å²) in [7, 11) is 0. The second-order valence-electron chi connectivity index (χ2n) is 6.00. The molecule has 9 heteroatoms. The number of nitrogens with zero attached hydrogens (tertiary/aromatic N) is 2. The summed E-state index contributed by atoms with van der Waals surface area (Å²) >= 11 is 0. The minimum Gasteiger partial charge on any atom is -0.352 e. The average molecular weight is 335 g/mol. The van der Waals surface area contributed by atoms with Gasteiger partial charge in [0, 0.05) is 32.5 Å². The van der Waals surface area contributed by atoms with Gasteiger partial charge in [0.05, 0.1) is 6.54 Å². The second kappa shape index (κ2) is 6.76. The van der Waals surface area contributed by atoms with Crippen molar-refractivity contribution in [3.05, 3.63) is 0 Å². The van der Waals surface area contributed by atoms with E-state index in [1.54, 1.807) is 0 Å². The Morgan fingerprint density at radius 3 is 2.52 bits per heavy atom. The highest BCUT2D eigenvalue weighted by Gasteiger charge is 2.48. The molecule has 2 atom stereocenters. The number of rotatable bonds is 3. The van der Waals surface area contributed by atoms with Crippen molar-refractivity contribution < 1.29 is 27.6 Å². The summed E-state index contributed by atoms with van der Waals surface area (Å²) in [5.74, 6) is -1.28. The first-order valence-electron chi connectivity index (χ1n) is 7.59. The Hall–Kier alpha value is -1.80. The molecule has 0 saturated carbocycles. The van der Waals surface area contributed by atoms with Gasteiger partial charge in [-0.1, -0.05) is 0 Å². The molecule has 2 aliphatic rings. The van der Waals surface area contributed by atoms with Crippen LogP contribution in [0, 0.1) is 0 Å². The van der Waals surface area contributed by atoms with Crippen LogP contribution in [-0.2, 0) is 14.4 Å². The van der Waals surface area contributed by atoms with Gasteiger partial charge in [0.25, 0.3) is 0 Å². The van der Waals surface area contributed by atoms with E-state index in [-0.39, 0.29) is 37.7 Å². The van der Waals surface area contributed by atoms with Gasteiger partial charge < -0.3 is 15.1 Å². The van der Waals surface area contributed by atoms with Crippen molar-refractivity contribution in [1.82, 2.24) is 15.1 Å². The highest BCUT2D eigenvalue weighted by molar-refractivity contribution is 5.86. The Morgan fingerprint density at radius 1 is 1.30 bits per heavy atom. The third-order valence-corrected chi connectivity index (χ3v) is 4.18. The Labute approximate surface area is 132 Å². The van der Waals surface area contributed by atoms with Crippen molar-refractivity contribution in [2.24, 2.45) is 0 Å². The molecule has 0 radical (unpaired) electrons. The summed E-state index contributed by atoms with van der Waals surface area (Å²) in [6.45, 7) is 1.15. The molecule has 0 spiro atoms. The fraction of sp³-hybridized carbons (Fsp3) is 0.786. The molecule has 130 valence electrons. The zero-order chi connectivity index (χ0) is 17.2. The zero-order valence-electron chi connectivity index (χ0n) is 12.9. The van der Waals surface area contributed by atoms with E-state index in [1.807, 2.05) is 0 Å². The van der Waals surface area contributed by atoms with Crippen molar-refractivity contribution in [3.63, 3.8) is 0 Å². The van der Waals surface area contributed by atoms with Crippen molar-refractivity contribution >= 4 is 17.7 Å². The lowest BCUT2D eigenvalue weighted by Gasteiger charge is -2.41. The van der Waals surface area contributed by atoms with E-state index in [2.05, 4.69) is 5.32 Å². The van der Waals surface area contributed by atoms with Crippen molar-refractivity contribution in [1.29, 1.82) is 0 Å². The molecular weight excluding hydrogens is 315 g/mol. The first-order valence-corrected chi connectivity index (χ1v) is 7.59. The van der Waals surface area contributed by atoms with E-state index in [4.69, 9.17) is 0 Å². The van der Waals surface area contributed by atoms with Crippen molar-refractivity contribution in [3.8, 4) is 0 Å². The van der Waals surface area contributed by atoms with Crippen molar-refractivity contribution in [2.45, 2.75) is 50.9 Å². The van der Waals surface area contributed by atoms with Crippen LogP contribution in [0.1, 0.15) is 32.6 Å². The van der Waals surface area contributed by atoms with Crippen LogP contribution >= 0.6 is 0 Å². The van der Waals surface area contributed by atoms with Gasteiger partial charge in [0.2, 0.25) is 17.7 Å². The van der Waals surface area contributed by atoms with Crippen LogP contribution in [0.3, 0.4) is 0 Å². The number of halogens is 3. The largest absolute Gasteiger partial charge is 0.408 e. The van der Waals surface area contributed by atoms with E-state index >= 15 is 0 Å². The van der Waals surface area contributed by atoms with Crippen LogP contribution in [0.4, 0.5) is 13.2 Å². The molecule has 2 aliphatic heterocycles. The fourth-order valence-electron chi connectivity index (χ4n) is 3.12. The molecule has 0 aromatic heterocycles. The third-order valence-electron chi connectivity index (χ3n) is 4.18. The van der Waals surface area contributed by atoms with Gasteiger partial charge in [-0.3, -0.25) is 14.4 Å². The van der Waals surface area contributed by atoms with Crippen LogP contribution < -0.4 is 5.32 Å². The molecule has 0 aromatic carbocycles. The molecular formula is C14H20F3N3O3. The van der Waals surface area contributed by atoms with Gasteiger partial charge in [0.15, 0.2) is 0 Å². The van der Waals surface area contributed by atoms with Gasteiger partial charge in [-0.15, -0.1) is 0 Å². The molecule has 0 unspecified atom stereocenters. The highest BCUT2D eigenvalue weighted by Crippen LogP contribution is 2.32. The summed E-state index contributed by atoms with van der Waals surface area (Å²) in [5, 5.41) is 2.56. The second-order valence-corrected chi connectivity index (χ2v) is 6.00. The summed E-state index contributed by atoms with van der Waals surface area (Å²) in [4.78, 5) is 37.0. The standard InChI is InChI=1S/C14H20F3N3O3/c1-9(21)18-10-4-5-11(14(15,16)17)20(7-10)13(23)8-19-6-2-3-12(19)22/h10-11H,2-8H2,1H3,(H,18,21)/t10-,11+/m1/s1. The van der Waals surface area contributed by atoms with E-state index < -0.39 is 24.2 Å². The lowest BCUT2D eigenvalue weighted by atomic mass is 9.97. The Kier molecular flexibility index (Phi) is 5.16. The molecule has 2 heterocycles. The van der Waals surface area contributed by atoms with Gasteiger partial charge in [-0.05, 0) is 19.3 Å². The molecule has 23 heavy (non-hydrogen) atoms. The maximum Gasteiger partial charge on any atom is 0.408 e. The van der Waals surface area contributed by atoms with E-state index in [1.165, 1.54) is 11.8 Å². The molecule has 2 fully saturated rings. The maximum atomic E-state index is 13.2. The Morgan fingerprint density at radius 2 is 2.00 bits per heavy atom. The first-order chi connectivity index (χ1) is 10.7. The van der Waals surface area contributed by atoms with E-state index in [0.717, 1.165) is 4.90 Å². The number of hydrogen-bond donors (Lipinski definition) is 1. The number of hydrogen-bond acceptors (Lipinski definition) is 3. The van der Waals surface area contributed by atoms with Gasteiger partial charge in [0.1, 0.15) is 6.04 Å². The number of likely N-dealkylation sites (tertiary alicyclic amines) is 2. The number of nitrogens with one attached hydrogen (secondary N) is 1. The van der Waals surface area contributed by atoms with E-state index in [9.17, 15) is 27.6 Å². The molecule has 1 N–H and O–H groups in total. The SMILES string of the molecule is CC(=O)N[C@@H]1CC[C@@H](C(F)(F)F)N(C(=O)CN2CCCC2=O)C1. The van der Waals surface area contributed by atoms with Gasteiger partial charge in [-0.2, -0.15) is 13.2 Å². The minimum atomic E-state index is -4.52. The highest BCUT2D eigenvalue weighted by atomic mass is 19.4. The lowest BCUT2D eigenvalue weighted by molar-refractivity contribution is -0.197. The Balaban J connectivity index is 2.08. The summed E-state index contributed by atoms with van der Waals surface area (Å²) in [6.07, 6.45) is -3.68. The van der Waals surface area contributed by atoms with Crippen molar-refractivity contribution in [2.75, 3.05) is 19.6 Å². The van der Waals surface area contributed by atoms with E-state index in [0.29, 0.717) is 19.4 Å². The molecule has 2 rings (SSSR count). The number of carbonyl (C=O) groups is 3. The molecule has 0 aromatic rings. The summed E-state index contributed by atoms with van der Waals surface area (Å²) in [5.41, 5.74) is 0. The average Bonchev–Trinajstić information content (AvgIpc) is 2.82. The monoisotopic (exact) mass is 335 g/mol. The molecule has 3 amide bonds. The lowest BCUT2D eigenvalue weighted by Crippen LogP contribution is -2.59. The van der Waals surface area contributed by atoms with Crippen LogP contribution in [0.2, 0.25) is 0 Å². The zero-order valence-corrected chi connectivity index (χ0v) is 12.9. The van der Waals surface area contributed by atoms with Crippen LogP contribution in [-0.4, -0.2) is 65.4 Å². The predicted octanol–water partition coefficient (Wildman–Crippen LogP) is 0.667. The quantitative estimate of drug-likeness (QED) is 0.824. The molecule has 6 nitrogen and oxygen atoms in total. The summed E-state index contributed by atoms with van der Waals surface area (Å²) in [6, 6.07) is -2.36. The normalized spacial score (nSPS) is 25.7. The van der Waals surface area contributed by atoms with Gasteiger partial charge in [-0.25, -0.2) is 0 Å². The number of carbonyl (C=O) groups excluding carboxylic acids is 3. The molecule has 0 aliphatic carbocycles.